The Balaban J connectivity index is 1.69. The molecule has 3 rings (SSSR count). The van der Waals surface area contributed by atoms with Crippen LogP contribution in [-0.2, 0) is 11.4 Å². The van der Waals surface area contributed by atoms with E-state index in [1.807, 2.05) is 44.2 Å². The first-order valence-electron chi connectivity index (χ1n) is 11.3. The van der Waals surface area contributed by atoms with Gasteiger partial charge in [-0.05, 0) is 67.4 Å². The summed E-state index contributed by atoms with van der Waals surface area (Å²) < 4.78 is 17.0. The quantitative estimate of drug-likeness (QED) is 0.178. The van der Waals surface area contributed by atoms with Gasteiger partial charge in [0.05, 0.1) is 11.6 Å². The number of benzene rings is 3. The molecule has 1 amide bonds. The van der Waals surface area contributed by atoms with E-state index < -0.39 is 5.91 Å². The third kappa shape index (κ3) is 7.39. The molecule has 0 aliphatic carbocycles. The van der Waals surface area contributed by atoms with E-state index in [0.717, 1.165) is 5.56 Å². The highest BCUT2D eigenvalue weighted by Crippen LogP contribution is 2.37. The molecular weight excluding hydrogens is 476 g/mol. The maximum atomic E-state index is 12.7. The van der Waals surface area contributed by atoms with Gasteiger partial charge >= 0.3 is 0 Å². The molecule has 0 aromatic heterocycles. The van der Waals surface area contributed by atoms with Crippen LogP contribution in [0.2, 0.25) is 5.02 Å². The van der Waals surface area contributed by atoms with E-state index >= 15 is 0 Å². The maximum Gasteiger partial charge on any atom is 0.266 e. The first-order valence-corrected chi connectivity index (χ1v) is 11.7. The molecule has 184 valence electrons. The Kier molecular flexibility index (Phi) is 9.56. The second-order valence-corrected chi connectivity index (χ2v) is 8.19. The molecule has 0 unspecified atom stereocenters. The summed E-state index contributed by atoms with van der Waals surface area (Å²) in [5, 5.41) is 12.6. The lowest BCUT2D eigenvalue weighted by atomic mass is 10.1. The van der Waals surface area contributed by atoms with Crippen LogP contribution in [0.1, 0.15) is 23.6 Å². The van der Waals surface area contributed by atoms with E-state index in [9.17, 15) is 10.1 Å². The molecule has 6 nitrogen and oxygen atoms in total. The summed E-state index contributed by atoms with van der Waals surface area (Å²) in [6.07, 6.45) is 3.04. The molecule has 3 aromatic carbocycles. The number of rotatable bonds is 11. The van der Waals surface area contributed by atoms with Gasteiger partial charge in [0, 0.05) is 5.69 Å². The van der Waals surface area contributed by atoms with Crippen LogP contribution in [-0.4, -0.2) is 19.1 Å². The van der Waals surface area contributed by atoms with E-state index in [1.165, 1.54) is 11.6 Å². The number of aryl methyl sites for hydroxylation is 1. The van der Waals surface area contributed by atoms with E-state index in [0.29, 0.717) is 46.7 Å². The molecule has 0 saturated carbocycles. The van der Waals surface area contributed by atoms with Crippen LogP contribution >= 0.6 is 11.6 Å². The summed E-state index contributed by atoms with van der Waals surface area (Å²) >= 11 is 6.36. The number of nitriles is 1. The standard InChI is InChI=1S/C29H27ClN2O4/c1-4-14-35-28-26(30)16-22(17-27(28)34-5-2)15-23(18-31)29(33)32-24-10-12-25(13-11-24)36-19-21-8-6-20(3)7-9-21/h4,6-13,15-17H,1,5,14,19H2,2-3H3,(H,32,33)/b23-15+. The SMILES string of the molecule is C=CCOc1c(Cl)cc(/C=C(\C#N)C(=O)Nc2ccc(OCc3ccc(C)cc3)cc2)cc1OCC. The van der Waals surface area contributed by atoms with Crippen molar-refractivity contribution < 1.29 is 19.0 Å². The summed E-state index contributed by atoms with van der Waals surface area (Å²) in [7, 11) is 0. The van der Waals surface area contributed by atoms with Gasteiger partial charge in [-0.1, -0.05) is 54.1 Å². The van der Waals surface area contributed by atoms with Crippen LogP contribution in [0.4, 0.5) is 5.69 Å². The van der Waals surface area contributed by atoms with Crippen molar-refractivity contribution in [3.05, 3.63) is 101 Å². The molecule has 0 atom stereocenters. The highest BCUT2D eigenvalue weighted by Gasteiger charge is 2.14. The minimum atomic E-state index is -0.549. The zero-order valence-corrected chi connectivity index (χ0v) is 21.0. The number of amides is 1. The molecule has 1 N–H and O–H groups in total. The predicted molar refractivity (Wildman–Crippen MR) is 142 cm³/mol. The van der Waals surface area contributed by atoms with Gasteiger partial charge < -0.3 is 19.5 Å². The van der Waals surface area contributed by atoms with Crippen LogP contribution in [0.3, 0.4) is 0 Å². The van der Waals surface area contributed by atoms with Crippen LogP contribution in [0.5, 0.6) is 17.2 Å². The molecule has 36 heavy (non-hydrogen) atoms. The van der Waals surface area contributed by atoms with Gasteiger partial charge in [0.15, 0.2) is 11.5 Å². The highest BCUT2D eigenvalue weighted by atomic mass is 35.5. The number of ether oxygens (including phenoxy) is 3. The van der Waals surface area contributed by atoms with E-state index in [2.05, 4.69) is 11.9 Å². The van der Waals surface area contributed by atoms with Crippen LogP contribution in [0, 0.1) is 18.3 Å². The van der Waals surface area contributed by atoms with Crippen molar-refractivity contribution in [3.63, 3.8) is 0 Å². The highest BCUT2D eigenvalue weighted by molar-refractivity contribution is 6.32. The number of carbonyl (C=O) groups is 1. The Hall–Kier alpha value is -4.21. The second kappa shape index (κ2) is 13.0. The van der Waals surface area contributed by atoms with Gasteiger partial charge in [0.2, 0.25) is 0 Å². The van der Waals surface area contributed by atoms with Crippen LogP contribution in [0.15, 0.2) is 78.9 Å². The molecule has 0 fully saturated rings. The molecule has 0 heterocycles. The summed E-state index contributed by atoms with van der Waals surface area (Å²) in [5.41, 5.74) is 3.23. The van der Waals surface area contributed by atoms with Crippen LogP contribution in [0.25, 0.3) is 6.08 Å². The van der Waals surface area contributed by atoms with Gasteiger partial charge in [-0.25, -0.2) is 0 Å². The minimum absolute atomic E-state index is 0.0898. The van der Waals surface area contributed by atoms with Crippen molar-refractivity contribution in [2.45, 2.75) is 20.5 Å². The number of nitrogens with one attached hydrogen (secondary N) is 1. The van der Waals surface area contributed by atoms with Crippen molar-refractivity contribution in [1.82, 2.24) is 0 Å². The van der Waals surface area contributed by atoms with Gasteiger partial charge in [-0.15, -0.1) is 0 Å². The molecule has 0 saturated heterocycles. The Labute approximate surface area is 216 Å². The molecule has 3 aromatic rings. The largest absolute Gasteiger partial charge is 0.490 e. The zero-order chi connectivity index (χ0) is 25.9. The van der Waals surface area contributed by atoms with Crippen molar-refractivity contribution in [2.24, 2.45) is 0 Å². The van der Waals surface area contributed by atoms with E-state index in [4.69, 9.17) is 25.8 Å². The monoisotopic (exact) mass is 502 g/mol. The minimum Gasteiger partial charge on any atom is -0.490 e. The van der Waals surface area contributed by atoms with Gasteiger partial charge in [0.1, 0.15) is 30.6 Å². The van der Waals surface area contributed by atoms with Crippen molar-refractivity contribution >= 4 is 29.3 Å². The fraction of sp³-hybridized carbons (Fsp3) is 0.172. The smallest absolute Gasteiger partial charge is 0.266 e. The fourth-order valence-electron chi connectivity index (χ4n) is 3.22. The summed E-state index contributed by atoms with van der Waals surface area (Å²) in [6, 6.07) is 20.3. The summed E-state index contributed by atoms with van der Waals surface area (Å²) in [4.78, 5) is 12.7. The van der Waals surface area contributed by atoms with Crippen molar-refractivity contribution in [2.75, 3.05) is 18.5 Å². The average Bonchev–Trinajstić information content (AvgIpc) is 2.87. The first-order chi connectivity index (χ1) is 17.4. The Morgan fingerprint density at radius 2 is 1.81 bits per heavy atom. The third-order valence-corrected chi connectivity index (χ3v) is 5.27. The topological polar surface area (TPSA) is 80.6 Å². The average molecular weight is 503 g/mol. The number of halogens is 1. The Bertz CT molecular complexity index is 1280. The van der Waals surface area contributed by atoms with E-state index in [1.54, 1.807) is 42.5 Å². The Morgan fingerprint density at radius 1 is 1.08 bits per heavy atom. The van der Waals surface area contributed by atoms with Crippen molar-refractivity contribution in [1.29, 1.82) is 5.26 Å². The number of hydrogen-bond donors (Lipinski definition) is 1. The molecule has 0 radical (unpaired) electrons. The van der Waals surface area contributed by atoms with Crippen LogP contribution < -0.4 is 19.5 Å². The normalized spacial score (nSPS) is 10.8. The zero-order valence-electron chi connectivity index (χ0n) is 20.2. The molecule has 0 aliphatic rings. The summed E-state index contributed by atoms with van der Waals surface area (Å²) in [5.74, 6) is 0.911. The van der Waals surface area contributed by atoms with Gasteiger partial charge in [-0.3, -0.25) is 4.79 Å². The predicted octanol–water partition coefficient (Wildman–Crippen LogP) is 6.74. The molecule has 0 spiro atoms. The van der Waals surface area contributed by atoms with Crippen molar-refractivity contribution in [3.8, 4) is 23.3 Å². The number of nitrogens with zero attached hydrogens (tertiary/aromatic N) is 1. The van der Waals surface area contributed by atoms with E-state index in [-0.39, 0.29) is 12.2 Å². The Morgan fingerprint density at radius 3 is 2.44 bits per heavy atom. The second-order valence-electron chi connectivity index (χ2n) is 7.79. The maximum absolute atomic E-state index is 12.7. The van der Waals surface area contributed by atoms with Gasteiger partial charge in [0.25, 0.3) is 5.91 Å². The number of anilines is 1. The molecule has 0 bridgehead atoms. The van der Waals surface area contributed by atoms with Gasteiger partial charge in [-0.2, -0.15) is 5.26 Å². The molecule has 7 heteroatoms. The summed E-state index contributed by atoms with van der Waals surface area (Å²) in [6.45, 7) is 8.59. The number of carbonyl (C=O) groups excluding carboxylic acids is 1. The lowest BCUT2D eigenvalue weighted by Crippen LogP contribution is -2.13. The first kappa shape index (κ1) is 26.4. The molecular formula is C29H27ClN2O4. The lowest BCUT2D eigenvalue weighted by molar-refractivity contribution is -0.112. The molecule has 0 aliphatic heterocycles. The lowest BCUT2D eigenvalue weighted by Gasteiger charge is -2.13. The fourth-order valence-corrected chi connectivity index (χ4v) is 3.49. The third-order valence-electron chi connectivity index (χ3n) is 4.99. The number of hydrogen-bond acceptors (Lipinski definition) is 5.